The molecule has 0 aliphatic carbocycles. The monoisotopic (exact) mass is 525 g/mol. The van der Waals surface area contributed by atoms with Crippen molar-refractivity contribution in [1.29, 1.82) is 0 Å². The minimum absolute atomic E-state index is 0.0600. The lowest BCUT2D eigenvalue weighted by Gasteiger charge is -2.46. The van der Waals surface area contributed by atoms with E-state index in [4.69, 9.17) is 16.3 Å². The Morgan fingerprint density at radius 1 is 1.19 bits per heavy atom. The summed E-state index contributed by atoms with van der Waals surface area (Å²) in [5.74, 6) is 0.713. The highest BCUT2D eigenvalue weighted by atomic mass is 35.5. The SMILES string of the molecule is COc1cc(C(=O)NC2CC(C)(C)NC(C)(C)C2)ccc1Nc1ncc(Cl)c(-c2ccn(C(C)C)n2)n1. The van der Waals surface area contributed by atoms with Crippen LogP contribution < -0.4 is 20.7 Å². The second kappa shape index (κ2) is 10.3. The number of benzene rings is 1. The summed E-state index contributed by atoms with van der Waals surface area (Å²) in [6, 6.07) is 7.43. The molecular formula is C27H36ClN7O2. The lowest BCUT2D eigenvalue weighted by atomic mass is 9.79. The number of piperidine rings is 1. The van der Waals surface area contributed by atoms with Crippen LogP contribution in [0.4, 0.5) is 11.6 Å². The summed E-state index contributed by atoms with van der Waals surface area (Å²) in [6.45, 7) is 12.8. The van der Waals surface area contributed by atoms with Crippen molar-refractivity contribution in [2.24, 2.45) is 0 Å². The Labute approximate surface area is 223 Å². The summed E-state index contributed by atoms with van der Waals surface area (Å²) in [4.78, 5) is 22.0. The molecule has 3 N–H and O–H groups in total. The summed E-state index contributed by atoms with van der Waals surface area (Å²) in [5.41, 5.74) is 2.22. The number of nitrogens with one attached hydrogen (secondary N) is 3. The zero-order valence-corrected chi connectivity index (χ0v) is 23.3. The van der Waals surface area contributed by atoms with Crippen LogP contribution in [0, 0.1) is 0 Å². The zero-order chi connectivity index (χ0) is 27.0. The van der Waals surface area contributed by atoms with E-state index in [-0.39, 0.29) is 29.1 Å². The van der Waals surface area contributed by atoms with Gasteiger partial charge < -0.3 is 20.7 Å². The lowest BCUT2D eigenvalue weighted by Crippen LogP contribution is -2.62. The van der Waals surface area contributed by atoms with Crippen LogP contribution in [0.2, 0.25) is 5.02 Å². The van der Waals surface area contributed by atoms with E-state index in [0.29, 0.717) is 39.4 Å². The van der Waals surface area contributed by atoms with E-state index in [0.717, 1.165) is 12.8 Å². The number of rotatable bonds is 7. The van der Waals surface area contributed by atoms with Gasteiger partial charge in [0.1, 0.15) is 17.1 Å². The molecule has 1 amide bonds. The van der Waals surface area contributed by atoms with Crippen molar-refractivity contribution in [3.63, 3.8) is 0 Å². The molecule has 0 atom stereocenters. The van der Waals surface area contributed by atoms with E-state index in [9.17, 15) is 4.79 Å². The maximum absolute atomic E-state index is 13.1. The van der Waals surface area contributed by atoms with Gasteiger partial charge in [-0.25, -0.2) is 9.97 Å². The van der Waals surface area contributed by atoms with Crippen LogP contribution in [0.3, 0.4) is 0 Å². The van der Waals surface area contributed by atoms with E-state index in [1.807, 2.05) is 16.9 Å². The second-order valence-electron chi connectivity index (χ2n) is 11.2. The van der Waals surface area contributed by atoms with Crippen molar-refractivity contribution in [2.75, 3.05) is 12.4 Å². The smallest absolute Gasteiger partial charge is 0.251 e. The van der Waals surface area contributed by atoms with Gasteiger partial charge in [0.05, 0.1) is 24.0 Å². The number of hydrogen-bond acceptors (Lipinski definition) is 7. The van der Waals surface area contributed by atoms with Crippen molar-refractivity contribution >= 4 is 29.1 Å². The van der Waals surface area contributed by atoms with Crippen molar-refractivity contribution in [1.82, 2.24) is 30.4 Å². The third-order valence-corrected chi connectivity index (χ3v) is 6.64. The van der Waals surface area contributed by atoms with Crippen LogP contribution in [-0.4, -0.2) is 49.9 Å². The van der Waals surface area contributed by atoms with Crippen LogP contribution >= 0.6 is 11.6 Å². The Morgan fingerprint density at radius 2 is 1.89 bits per heavy atom. The number of anilines is 2. The molecule has 0 unspecified atom stereocenters. The molecule has 4 rings (SSSR count). The standard InChI is InChI=1S/C27H36ClN7O2/c1-16(2)35-11-10-21(33-35)23-19(28)15-29-25(32-23)31-20-9-8-17(12-22(20)37-7)24(36)30-18-13-26(3,4)34-27(5,6)14-18/h8-12,15-16,18,34H,13-14H2,1-7H3,(H,30,36)(H,29,31,32). The molecule has 0 radical (unpaired) electrons. The Balaban J connectivity index is 1.52. The van der Waals surface area contributed by atoms with Gasteiger partial charge in [-0.05, 0) is 78.6 Å². The van der Waals surface area contributed by atoms with E-state index >= 15 is 0 Å². The van der Waals surface area contributed by atoms with Crippen molar-refractivity contribution < 1.29 is 9.53 Å². The molecule has 10 heteroatoms. The molecule has 0 saturated carbocycles. The van der Waals surface area contributed by atoms with Gasteiger partial charge in [0.2, 0.25) is 5.95 Å². The molecule has 3 aromatic rings. The maximum atomic E-state index is 13.1. The number of amides is 1. The molecule has 2 aromatic heterocycles. The second-order valence-corrected chi connectivity index (χ2v) is 11.6. The Morgan fingerprint density at radius 3 is 2.51 bits per heavy atom. The van der Waals surface area contributed by atoms with Gasteiger partial charge in [0.15, 0.2) is 0 Å². The fourth-order valence-corrected chi connectivity index (χ4v) is 5.30. The van der Waals surface area contributed by atoms with E-state index in [2.05, 4.69) is 72.6 Å². The van der Waals surface area contributed by atoms with Crippen LogP contribution in [0.5, 0.6) is 5.75 Å². The first-order valence-corrected chi connectivity index (χ1v) is 12.9. The van der Waals surface area contributed by atoms with E-state index in [1.54, 1.807) is 25.3 Å². The average Bonchev–Trinajstić information content (AvgIpc) is 3.29. The number of halogens is 1. The Kier molecular flexibility index (Phi) is 7.48. The first-order chi connectivity index (χ1) is 17.4. The molecule has 1 aliphatic heterocycles. The Hall–Kier alpha value is -3.17. The van der Waals surface area contributed by atoms with Crippen molar-refractivity contribution in [3.8, 4) is 17.1 Å². The number of aromatic nitrogens is 4. The van der Waals surface area contributed by atoms with Crippen LogP contribution in [-0.2, 0) is 0 Å². The lowest BCUT2D eigenvalue weighted by molar-refractivity contribution is 0.0873. The highest BCUT2D eigenvalue weighted by molar-refractivity contribution is 6.32. The largest absolute Gasteiger partial charge is 0.495 e. The molecule has 1 aliphatic rings. The summed E-state index contributed by atoms with van der Waals surface area (Å²) in [7, 11) is 1.56. The number of hydrogen-bond donors (Lipinski definition) is 3. The average molecular weight is 526 g/mol. The number of nitrogens with zero attached hydrogens (tertiary/aromatic N) is 4. The maximum Gasteiger partial charge on any atom is 0.251 e. The van der Waals surface area contributed by atoms with Gasteiger partial charge in [-0.15, -0.1) is 0 Å². The molecular weight excluding hydrogens is 490 g/mol. The first-order valence-electron chi connectivity index (χ1n) is 12.5. The summed E-state index contributed by atoms with van der Waals surface area (Å²) in [6.07, 6.45) is 5.14. The van der Waals surface area contributed by atoms with Gasteiger partial charge in [-0.2, -0.15) is 5.10 Å². The number of carbonyl (C=O) groups excluding carboxylic acids is 1. The van der Waals surface area contributed by atoms with Crippen LogP contribution in [0.25, 0.3) is 11.4 Å². The number of methoxy groups -OCH3 is 1. The molecule has 1 aromatic carbocycles. The topological polar surface area (TPSA) is 106 Å². The zero-order valence-electron chi connectivity index (χ0n) is 22.5. The summed E-state index contributed by atoms with van der Waals surface area (Å²) in [5, 5.41) is 15.0. The highest BCUT2D eigenvalue weighted by Crippen LogP contribution is 2.32. The number of ether oxygens (including phenoxy) is 1. The van der Waals surface area contributed by atoms with Gasteiger partial charge in [-0.1, -0.05) is 11.6 Å². The van der Waals surface area contributed by atoms with E-state index in [1.165, 1.54) is 6.20 Å². The summed E-state index contributed by atoms with van der Waals surface area (Å²) < 4.78 is 7.43. The molecule has 198 valence electrons. The summed E-state index contributed by atoms with van der Waals surface area (Å²) >= 11 is 6.38. The molecule has 3 heterocycles. The molecule has 0 spiro atoms. The molecule has 37 heavy (non-hydrogen) atoms. The fraction of sp³-hybridized carbons (Fsp3) is 0.481. The Bertz CT molecular complexity index is 1270. The number of carbonyl (C=O) groups is 1. The molecule has 1 fully saturated rings. The minimum Gasteiger partial charge on any atom is -0.495 e. The third-order valence-electron chi connectivity index (χ3n) is 6.36. The normalized spacial score (nSPS) is 17.0. The van der Waals surface area contributed by atoms with Crippen molar-refractivity contribution in [3.05, 3.63) is 47.2 Å². The van der Waals surface area contributed by atoms with Gasteiger partial charge in [-0.3, -0.25) is 9.48 Å². The predicted molar refractivity (Wildman–Crippen MR) is 147 cm³/mol. The van der Waals surface area contributed by atoms with E-state index < -0.39 is 0 Å². The predicted octanol–water partition coefficient (Wildman–Crippen LogP) is 5.37. The van der Waals surface area contributed by atoms with Crippen LogP contribution in [0.1, 0.15) is 70.8 Å². The fourth-order valence-electron chi connectivity index (χ4n) is 5.11. The molecule has 9 nitrogen and oxygen atoms in total. The van der Waals surface area contributed by atoms with Gasteiger partial charge >= 0.3 is 0 Å². The molecule has 1 saturated heterocycles. The van der Waals surface area contributed by atoms with Gasteiger partial charge in [0.25, 0.3) is 5.91 Å². The quantitative estimate of drug-likeness (QED) is 0.381. The molecule has 0 bridgehead atoms. The first kappa shape index (κ1) is 26.9. The highest BCUT2D eigenvalue weighted by Gasteiger charge is 2.38. The minimum atomic E-state index is -0.130. The van der Waals surface area contributed by atoms with Crippen molar-refractivity contribution in [2.45, 2.75) is 77.5 Å². The van der Waals surface area contributed by atoms with Crippen LogP contribution in [0.15, 0.2) is 36.7 Å². The van der Waals surface area contributed by atoms with Gasteiger partial charge in [0, 0.05) is 34.9 Å². The third kappa shape index (κ3) is 6.40.